The summed E-state index contributed by atoms with van der Waals surface area (Å²) in [5.74, 6) is 0.944. The fourth-order valence-electron chi connectivity index (χ4n) is 5.12. The van der Waals surface area contributed by atoms with Crippen molar-refractivity contribution in [3.8, 4) is 0 Å². The predicted molar refractivity (Wildman–Crippen MR) is 85.3 cm³/mol. The first-order valence-corrected chi connectivity index (χ1v) is 8.83. The average Bonchev–Trinajstić information content (AvgIpc) is 2.36. The number of hydrogen-bond acceptors (Lipinski definition) is 0. The van der Waals surface area contributed by atoms with Crippen molar-refractivity contribution in [2.24, 2.45) is 22.2 Å². The van der Waals surface area contributed by atoms with Gasteiger partial charge in [-0.15, -0.1) is 0 Å². The third kappa shape index (κ3) is 3.03. The number of hydrogen-bond donors (Lipinski definition) is 0. The molecule has 0 aromatic heterocycles. The Hall–Kier alpha value is 0. The highest BCUT2D eigenvalue weighted by Gasteiger charge is 2.48. The molecule has 0 heteroatoms. The number of rotatable bonds is 1. The largest absolute Gasteiger partial charge is 0.0648 e. The Morgan fingerprint density at radius 3 is 2.21 bits per heavy atom. The lowest BCUT2D eigenvalue weighted by molar-refractivity contribution is -0.0369. The van der Waals surface area contributed by atoms with Crippen LogP contribution >= 0.6 is 0 Å². The third-order valence-corrected chi connectivity index (χ3v) is 7.24. The van der Waals surface area contributed by atoms with Crippen LogP contribution in [0.15, 0.2) is 0 Å². The van der Waals surface area contributed by atoms with Crippen molar-refractivity contribution in [2.75, 3.05) is 0 Å². The molecule has 0 amide bonds. The van der Waals surface area contributed by atoms with Gasteiger partial charge in [0.05, 0.1) is 0 Å². The van der Waals surface area contributed by atoms with Crippen LogP contribution in [0, 0.1) is 22.2 Å². The van der Waals surface area contributed by atoms with Gasteiger partial charge in [0, 0.05) is 0 Å². The monoisotopic (exact) mass is 264 g/mol. The summed E-state index contributed by atoms with van der Waals surface area (Å²) in [6.07, 6.45) is 14.6. The van der Waals surface area contributed by atoms with E-state index in [0.717, 1.165) is 5.92 Å². The zero-order valence-electron chi connectivity index (χ0n) is 14.1. The maximum absolute atomic E-state index is 2.64. The molecule has 4 atom stereocenters. The first-order chi connectivity index (χ1) is 8.83. The van der Waals surface area contributed by atoms with Gasteiger partial charge in [0.1, 0.15) is 0 Å². The van der Waals surface area contributed by atoms with Gasteiger partial charge in [0.25, 0.3) is 0 Å². The molecule has 0 nitrogen and oxygen atoms in total. The molecule has 0 saturated heterocycles. The summed E-state index contributed by atoms with van der Waals surface area (Å²) < 4.78 is 0. The molecule has 2 aliphatic carbocycles. The molecular formula is C19H36. The van der Waals surface area contributed by atoms with Gasteiger partial charge in [-0.25, -0.2) is 0 Å². The van der Waals surface area contributed by atoms with Crippen LogP contribution in [0.1, 0.15) is 98.8 Å². The van der Waals surface area contributed by atoms with E-state index in [9.17, 15) is 0 Å². The quantitative estimate of drug-likeness (QED) is 0.501. The Kier molecular flexibility index (Phi) is 4.38. The summed E-state index contributed by atoms with van der Waals surface area (Å²) in [5.41, 5.74) is 1.78. The van der Waals surface area contributed by atoms with Crippen molar-refractivity contribution in [1.29, 1.82) is 0 Å². The van der Waals surface area contributed by atoms with Crippen molar-refractivity contribution < 1.29 is 0 Å². The van der Waals surface area contributed by atoms with Gasteiger partial charge < -0.3 is 0 Å². The number of fused-ring (bicyclic) bond motifs is 2. The van der Waals surface area contributed by atoms with E-state index in [1.807, 2.05) is 0 Å². The van der Waals surface area contributed by atoms with E-state index in [-0.39, 0.29) is 0 Å². The van der Waals surface area contributed by atoms with Gasteiger partial charge in [-0.05, 0) is 54.3 Å². The zero-order chi connectivity index (χ0) is 14.1. The first-order valence-electron chi connectivity index (χ1n) is 8.83. The molecule has 0 spiro atoms. The van der Waals surface area contributed by atoms with Crippen LogP contribution in [-0.4, -0.2) is 0 Å². The molecule has 2 aliphatic rings. The summed E-state index contributed by atoms with van der Waals surface area (Å²) in [6, 6.07) is 0. The van der Waals surface area contributed by atoms with E-state index < -0.39 is 0 Å². The summed E-state index contributed by atoms with van der Waals surface area (Å²) in [4.78, 5) is 0. The minimum Gasteiger partial charge on any atom is -0.0648 e. The van der Waals surface area contributed by atoms with E-state index in [4.69, 9.17) is 0 Å². The zero-order valence-corrected chi connectivity index (χ0v) is 14.1. The summed E-state index contributed by atoms with van der Waals surface area (Å²) in [6.45, 7) is 12.8. The Morgan fingerprint density at radius 2 is 1.53 bits per heavy atom. The van der Waals surface area contributed by atoms with Gasteiger partial charge in [-0.3, -0.25) is 0 Å². The highest BCUT2D eigenvalue weighted by molar-refractivity contribution is 4.98. The van der Waals surface area contributed by atoms with Crippen LogP contribution in [-0.2, 0) is 0 Å². The molecule has 0 aliphatic heterocycles. The molecule has 2 bridgehead atoms. The minimum atomic E-state index is 0.575. The normalized spacial score (nSPS) is 48.8. The highest BCUT2D eigenvalue weighted by Crippen LogP contribution is 2.59. The van der Waals surface area contributed by atoms with Gasteiger partial charge in [-0.1, -0.05) is 66.7 Å². The maximum Gasteiger partial charge on any atom is -0.0267 e. The van der Waals surface area contributed by atoms with Crippen LogP contribution in [0.4, 0.5) is 0 Å². The van der Waals surface area contributed by atoms with Crippen molar-refractivity contribution in [2.45, 2.75) is 98.8 Å². The van der Waals surface area contributed by atoms with E-state index in [0.29, 0.717) is 16.2 Å². The van der Waals surface area contributed by atoms with E-state index in [1.54, 1.807) is 0 Å². The lowest BCUT2D eigenvalue weighted by Crippen LogP contribution is -2.44. The van der Waals surface area contributed by atoms with Gasteiger partial charge in [-0.2, -0.15) is 0 Å². The standard InChI is InChI=1S/C19H36/c1-6-18(4)12-8-7-11-17(3)13-9-16(2)10-14-19(18,5)15-17/h16H,6-15H2,1-5H3. The van der Waals surface area contributed by atoms with Gasteiger partial charge in [0.2, 0.25) is 0 Å². The molecule has 4 unspecified atom stereocenters. The molecule has 2 saturated carbocycles. The van der Waals surface area contributed by atoms with Crippen LogP contribution in [0.25, 0.3) is 0 Å². The lowest BCUT2D eigenvalue weighted by atomic mass is 9.51. The molecule has 0 N–H and O–H groups in total. The Morgan fingerprint density at radius 1 is 0.895 bits per heavy atom. The molecule has 19 heavy (non-hydrogen) atoms. The van der Waals surface area contributed by atoms with Crippen LogP contribution in [0.5, 0.6) is 0 Å². The van der Waals surface area contributed by atoms with Crippen LogP contribution in [0.2, 0.25) is 0 Å². The molecule has 0 aromatic carbocycles. The smallest absolute Gasteiger partial charge is 0.0267 e. The lowest BCUT2D eigenvalue weighted by Gasteiger charge is -2.54. The Labute approximate surface area is 121 Å². The SMILES string of the molecule is CCC1(C)CCCCC2(C)CCC(C)CCC1(C)C2. The first kappa shape index (κ1) is 15.4. The predicted octanol–water partition coefficient (Wildman–Crippen LogP) is 6.59. The van der Waals surface area contributed by atoms with Crippen molar-refractivity contribution in [3.63, 3.8) is 0 Å². The summed E-state index contributed by atoms with van der Waals surface area (Å²) in [5, 5.41) is 0. The van der Waals surface area contributed by atoms with Crippen LogP contribution < -0.4 is 0 Å². The topological polar surface area (TPSA) is 0 Å². The second-order valence-corrected chi connectivity index (χ2v) is 8.85. The second-order valence-electron chi connectivity index (χ2n) is 8.85. The van der Waals surface area contributed by atoms with Gasteiger partial charge >= 0.3 is 0 Å². The van der Waals surface area contributed by atoms with Gasteiger partial charge in [0.15, 0.2) is 0 Å². The summed E-state index contributed by atoms with van der Waals surface area (Å²) in [7, 11) is 0. The van der Waals surface area contributed by atoms with E-state index >= 15 is 0 Å². The molecule has 2 rings (SSSR count). The van der Waals surface area contributed by atoms with Crippen molar-refractivity contribution in [1.82, 2.24) is 0 Å². The molecule has 0 aromatic rings. The van der Waals surface area contributed by atoms with Crippen LogP contribution in [0.3, 0.4) is 0 Å². The average molecular weight is 264 g/mol. The van der Waals surface area contributed by atoms with Crippen molar-refractivity contribution >= 4 is 0 Å². The Balaban J connectivity index is 2.33. The fourth-order valence-corrected chi connectivity index (χ4v) is 5.12. The molecule has 112 valence electrons. The van der Waals surface area contributed by atoms with E-state index in [1.165, 1.54) is 64.2 Å². The molecular weight excluding hydrogens is 228 g/mol. The third-order valence-electron chi connectivity index (χ3n) is 7.24. The fraction of sp³-hybridized carbons (Fsp3) is 1.00. The molecule has 0 radical (unpaired) electrons. The Bertz CT molecular complexity index is 307. The molecule has 0 heterocycles. The maximum atomic E-state index is 2.64. The van der Waals surface area contributed by atoms with E-state index in [2.05, 4.69) is 34.6 Å². The second kappa shape index (κ2) is 5.41. The van der Waals surface area contributed by atoms with Crippen molar-refractivity contribution in [3.05, 3.63) is 0 Å². The summed E-state index contributed by atoms with van der Waals surface area (Å²) >= 11 is 0. The minimum absolute atomic E-state index is 0.575. The molecule has 2 fully saturated rings. The highest BCUT2D eigenvalue weighted by atomic mass is 14.5.